The number of anilines is 1. The molecule has 2 aromatic rings. The molecule has 0 saturated heterocycles. The highest BCUT2D eigenvalue weighted by molar-refractivity contribution is 7.92. The molecule has 1 unspecified atom stereocenters. The Hall–Kier alpha value is -3.26. The molecule has 2 aromatic carbocycles. The molecule has 0 saturated carbocycles. The summed E-state index contributed by atoms with van der Waals surface area (Å²) in [4.78, 5) is 24.6. The van der Waals surface area contributed by atoms with E-state index in [-0.39, 0.29) is 18.2 Å². The van der Waals surface area contributed by atoms with Crippen molar-refractivity contribution in [1.29, 1.82) is 0 Å². The third kappa shape index (κ3) is 12.5. The molecule has 0 aliphatic carbocycles. The first-order valence-electron chi connectivity index (χ1n) is 11.8. The van der Waals surface area contributed by atoms with Crippen LogP contribution in [-0.2, 0) is 10.0 Å². The SMILES string of the molecule is CN(CCCNCC(O)COc1ccc([N+](=O)[O-])cc1)CCCNC(=O)c1ccc(NS(C)(=O)=O)cc1. The van der Waals surface area contributed by atoms with Crippen molar-refractivity contribution in [2.75, 3.05) is 57.4 Å². The molecular weight excluding hydrogens is 502 g/mol. The van der Waals surface area contributed by atoms with E-state index in [1.54, 1.807) is 24.3 Å². The van der Waals surface area contributed by atoms with Gasteiger partial charge in [-0.1, -0.05) is 0 Å². The number of nitro benzene ring substituents is 1. The lowest BCUT2D eigenvalue weighted by Gasteiger charge is -2.17. The second kappa shape index (κ2) is 15.1. The highest BCUT2D eigenvalue weighted by Crippen LogP contribution is 2.17. The molecule has 4 N–H and O–H groups in total. The van der Waals surface area contributed by atoms with Crippen LogP contribution in [0.2, 0.25) is 0 Å². The van der Waals surface area contributed by atoms with Gasteiger partial charge in [0.05, 0.1) is 11.2 Å². The maximum Gasteiger partial charge on any atom is 0.269 e. The fraction of sp³-hybridized carbons (Fsp3) is 0.458. The van der Waals surface area contributed by atoms with Gasteiger partial charge in [-0.3, -0.25) is 19.6 Å². The van der Waals surface area contributed by atoms with Gasteiger partial charge in [0, 0.05) is 36.5 Å². The fourth-order valence-electron chi connectivity index (χ4n) is 3.33. The molecule has 0 aromatic heterocycles. The Bertz CT molecular complexity index is 1100. The normalized spacial score (nSPS) is 12.2. The molecule has 2 rings (SSSR count). The van der Waals surface area contributed by atoms with Gasteiger partial charge in [-0.25, -0.2) is 8.42 Å². The van der Waals surface area contributed by atoms with Crippen LogP contribution in [0, 0.1) is 10.1 Å². The number of aliphatic hydroxyl groups excluding tert-OH is 1. The molecule has 0 aliphatic heterocycles. The molecule has 0 aliphatic rings. The summed E-state index contributed by atoms with van der Waals surface area (Å²) >= 11 is 0. The number of sulfonamides is 1. The maximum atomic E-state index is 12.2. The summed E-state index contributed by atoms with van der Waals surface area (Å²) in [5.41, 5.74) is 0.844. The number of non-ortho nitro benzene ring substituents is 1. The third-order valence-corrected chi connectivity index (χ3v) is 5.82. The fourth-order valence-corrected chi connectivity index (χ4v) is 3.89. The summed E-state index contributed by atoms with van der Waals surface area (Å²) in [5, 5.41) is 26.7. The van der Waals surface area contributed by atoms with Crippen molar-refractivity contribution in [3.63, 3.8) is 0 Å². The summed E-state index contributed by atoms with van der Waals surface area (Å²) in [5.74, 6) is 0.246. The molecule has 0 spiro atoms. The topological polar surface area (TPSA) is 163 Å². The Morgan fingerprint density at radius 2 is 1.70 bits per heavy atom. The Balaban J connectivity index is 1.50. The molecule has 0 fully saturated rings. The maximum absolute atomic E-state index is 12.2. The first kappa shape index (κ1) is 30.0. The summed E-state index contributed by atoms with van der Waals surface area (Å²) in [6, 6.07) is 11.9. The number of nitro groups is 1. The largest absolute Gasteiger partial charge is 0.491 e. The zero-order valence-electron chi connectivity index (χ0n) is 21.1. The zero-order chi connectivity index (χ0) is 27.3. The lowest BCUT2D eigenvalue weighted by molar-refractivity contribution is -0.384. The number of amides is 1. The van der Waals surface area contributed by atoms with E-state index in [0.717, 1.165) is 38.7 Å². The van der Waals surface area contributed by atoms with E-state index in [2.05, 4.69) is 20.3 Å². The number of carbonyl (C=O) groups excluding carboxylic acids is 1. The monoisotopic (exact) mass is 537 g/mol. The van der Waals surface area contributed by atoms with Crippen LogP contribution in [-0.4, -0.2) is 88.0 Å². The zero-order valence-corrected chi connectivity index (χ0v) is 21.9. The average Bonchev–Trinajstić information content (AvgIpc) is 2.84. The molecule has 0 radical (unpaired) electrons. The van der Waals surface area contributed by atoms with Gasteiger partial charge in [-0.05, 0) is 75.9 Å². The molecule has 0 bridgehead atoms. The number of nitrogens with zero attached hydrogens (tertiary/aromatic N) is 2. The van der Waals surface area contributed by atoms with Gasteiger partial charge in [0.25, 0.3) is 11.6 Å². The first-order valence-corrected chi connectivity index (χ1v) is 13.7. The van der Waals surface area contributed by atoms with Crippen molar-refractivity contribution in [3.8, 4) is 5.75 Å². The van der Waals surface area contributed by atoms with E-state index in [4.69, 9.17) is 4.74 Å². The van der Waals surface area contributed by atoms with Crippen LogP contribution >= 0.6 is 0 Å². The van der Waals surface area contributed by atoms with E-state index >= 15 is 0 Å². The summed E-state index contributed by atoms with van der Waals surface area (Å²) in [6.07, 6.45) is 2.02. The van der Waals surface area contributed by atoms with Crippen LogP contribution in [0.25, 0.3) is 0 Å². The quantitative estimate of drug-likeness (QED) is 0.133. The molecule has 204 valence electrons. The second-order valence-corrected chi connectivity index (χ2v) is 10.4. The molecule has 12 nitrogen and oxygen atoms in total. The van der Waals surface area contributed by atoms with Gasteiger partial charge in [0.1, 0.15) is 18.5 Å². The average molecular weight is 538 g/mol. The smallest absolute Gasteiger partial charge is 0.269 e. The summed E-state index contributed by atoms with van der Waals surface area (Å²) in [7, 11) is -1.35. The molecule has 37 heavy (non-hydrogen) atoms. The van der Waals surface area contributed by atoms with Crippen LogP contribution in [0.5, 0.6) is 5.75 Å². The minimum atomic E-state index is -3.36. The molecule has 1 atom stereocenters. The van der Waals surface area contributed by atoms with Crippen molar-refractivity contribution in [3.05, 3.63) is 64.2 Å². The van der Waals surface area contributed by atoms with Gasteiger partial charge >= 0.3 is 0 Å². The van der Waals surface area contributed by atoms with E-state index < -0.39 is 21.1 Å². The summed E-state index contributed by atoms with van der Waals surface area (Å²) in [6.45, 7) is 3.35. The molecule has 13 heteroatoms. The van der Waals surface area contributed by atoms with Crippen LogP contribution in [0.1, 0.15) is 23.2 Å². The standard InChI is InChI=1S/C24H35N5O7S/c1-28(16-4-14-26-24(31)19-5-7-20(8-6-19)27-37(2,34)35)15-3-13-25-17-22(30)18-36-23-11-9-21(10-12-23)29(32)33/h5-12,22,25,27,30H,3-4,13-18H2,1-2H3,(H,26,31). The Kier molecular flexibility index (Phi) is 12.2. The van der Waals surface area contributed by atoms with E-state index in [1.807, 2.05) is 7.05 Å². The van der Waals surface area contributed by atoms with E-state index in [9.17, 15) is 28.4 Å². The van der Waals surface area contributed by atoms with Gasteiger partial charge in [-0.15, -0.1) is 0 Å². The minimum absolute atomic E-state index is 0.0158. The Morgan fingerprint density at radius 3 is 2.30 bits per heavy atom. The van der Waals surface area contributed by atoms with Gasteiger partial charge in [0.15, 0.2) is 0 Å². The van der Waals surface area contributed by atoms with Crippen molar-refractivity contribution < 1.29 is 28.0 Å². The van der Waals surface area contributed by atoms with E-state index in [0.29, 0.717) is 30.1 Å². The Morgan fingerprint density at radius 1 is 1.08 bits per heavy atom. The van der Waals surface area contributed by atoms with Crippen LogP contribution in [0.15, 0.2) is 48.5 Å². The lowest BCUT2D eigenvalue weighted by Crippen LogP contribution is -2.33. The lowest BCUT2D eigenvalue weighted by atomic mass is 10.2. The summed E-state index contributed by atoms with van der Waals surface area (Å²) < 4.78 is 30.3. The highest BCUT2D eigenvalue weighted by Gasteiger charge is 2.09. The number of carbonyl (C=O) groups is 1. The van der Waals surface area contributed by atoms with Gasteiger partial charge in [0.2, 0.25) is 10.0 Å². The number of hydrogen-bond acceptors (Lipinski definition) is 9. The number of ether oxygens (including phenoxy) is 1. The molecule has 1 amide bonds. The minimum Gasteiger partial charge on any atom is -0.491 e. The molecule has 0 heterocycles. The van der Waals surface area contributed by atoms with Crippen molar-refractivity contribution in [2.45, 2.75) is 18.9 Å². The van der Waals surface area contributed by atoms with Crippen molar-refractivity contribution in [1.82, 2.24) is 15.5 Å². The van der Waals surface area contributed by atoms with Crippen LogP contribution < -0.4 is 20.1 Å². The predicted octanol–water partition coefficient (Wildman–Crippen LogP) is 1.44. The van der Waals surface area contributed by atoms with E-state index in [1.165, 1.54) is 24.3 Å². The first-order chi connectivity index (χ1) is 17.5. The second-order valence-electron chi connectivity index (χ2n) is 8.64. The van der Waals surface area contributed by atoms with Gasteiger partial charge in [-0.2, -0.15) is 0 Å². The van der Waals surface area contributed by atoms with Gasteiger partial charge < -0.3 is 25.4 Å². The number of benzene rings is 2. The number of nitrogens with one attached hydrogen (secondary N) is 3. The third-order valence-electron chi connectivity index (χ3n) is 5.22. The highest BCUT2D eigenvalue weighted by atomic mass is 32.2. The van der Waals surface area contributed by atoms with Crippen molar-refractivity contribution in [2.24, 2.45) is 0 Å². The van der Waals surface area contributed by atoms with Crippen molar-refractivity contribution >= 4 is 27.3 Å². The van der Waals surface area contributed by atoms with Crippen LogP contribution in [0.4, 0.5) is 11.4 Å². The predicted molar refractivity (Wildman–Crippen MR) is 141 cm³/mol. The number of hydrogen-bond donors (Lipinski definition) is 4. The number of aliphatic hydroxyl groups is 1. The number of rotatable bonds is 17. The molecular formula is C24H35N5O7S. The van der Waals surface area contributed by atoms with Crippen LogP contribution in [0.3, 0.4) is 0 Å². The Labute approximate surface area is 217 Å².